The summed E-state index contributed by atoms with van der Waals surface area (Å²) in [7, 11) is 0. The van der Waals surface area contributed by atoms with Crippen molar-refractivity contribution in [1.29, 1.82) is 0 Å². The summed E-state index contributed by atoms with van der Waals surface area (Å²) in [5.41, 5.74) is 25.3. The molecule has 0 aliphatic rings. The first-order valence-electron chi connectivity index (χ1n) is 38.8. The molecule has 0 saturated carbocycles. The van der Waals surface area contributed by atoms with Crippen LogP contribution in [0.15, 0.2) is 377 Å². The molecule has 7 heterocycles. The summed E-state index contributed by atoms with van der Waals surface area (Å²) in [6.07, 6.45) is 5.74. The maximum Gasteiger partial charge on any atom is 0.0602 e. The Bertz CT molecular complexity index is 6810. The molecule has 22 rings (SSSR count). The smallest absolute Gasteiger partial charge is 0.0602 e. The van der Waals surface area contributed by atoms with Gasteiger partial charge in [0, 0.05) is 151 Å². The summed E-state index contributed by atoms with van der Waals surface area (Å²) in [5.74, 6) is 1.86. The number of hydrogen-bond acceptors (Lipinski definition) is 3. The molecule has 0 fully saturated rings. The van der Waals surface area contributed by atoms with E-state index in [-0.39, 0.29) is 40.2 Å². The third-order valence-corrected chi connectivity index (χ3v) is 23.1. The zero-order valence-electron chi connectivity index (χ0n) is 64.2. The van der Waals surface area contributed by atoms with Crippen molar-refractivity contribution in [2.45, 2.75) is 46.5 Å². The quantitative estimate of drug-likeness (QED) is 0.128. The van der Waals surface area contributed by atoms with Crippen LogP contribution < -0.4 is 0 Å². The normalized spacial score (nSPS) is 11.4. The minimum absolute atomic E-state index is 0. The van der Waals surface area contributed by atoms with Crippen LogP contribution in [0.3, 0.4) is 0 Å². The average Bonchev–Trinajstić information content (AvgIpc) is 1.49. The summed E-state index contributed by atoms with van der Waals surface area (Å²) in [6.45, 7) is 11.0. The van der Waals surface area contributed by atoms with Crippen molar-refractivity contribution in [2.24, 2.45) is 0 Å². The molecule has 0 spiro atoms. The molecule has 7 nitrogen and oxygen atoms in total. The predicted octanol–water partition coefficient (Wildman–Crippen LogP) is 28.2. The Kier molecular flexibility index (Phi) is 21.2. The topological polar surface area (TPSA) is 50.4 Å². The number of aryl methyl sites for hydroxylation is 1. The second-order valence-corrected chi connectivity index (χ2v) is 30.6. The van der Waals surface area contributed by atoms with E-state index in [9.17, 15) is 0 Å². The fraction of sp³-hybridized carbons (Fsp3) is 0.0667. The van der Waals surface area contributed by atoms with Gasteiger partial charge in [0.2, 0.25) is 0 Å². The van der Waals surface area contributed by atoms with Crippen LogP contribution in [0.4, 0.5) is 0 Å². The molecule has 0 amide bonds. The Labute approximate surface area is 700 Å². The van der Waals surface area contributed by atoms with E-state index in [0.717, 1.165) is 22.6 Å². The first-order valence-corrected chi connectivity index (χ1v) is 39.6. The summed E-state index contributed by atoms with van der Waals surface area (Å²) in [6, 6.07) is 134. The van der Waals surface area contributed by atoms with Gasteiger partial charge in [0.15, 0.2) is 0 Å². The van der Waals surface area contributed by atoms with Crippen molar-refractivity contribution < 1.29 is 40.2 Å². The Morgan fingerprint density at radius 3 is 1.07 bits per heavy atom. The number of pyridine rings is 1. The van der Waals surface area contributed by atoms with Crippen LogP contribution in [0.1, 0.15) is 56.2 Å². The molecule has 560 valence electrons. The van der Waals surface area contributed by atoms with Gasteiger partial charge >= 0.3 is 0 Å². The molecule has 2 radical (unpaired) electrons. The molecule has 0 atom stereocenters. The summed E-state index contributed by atoms with van der Waals surface area (Å²) in [4.78, 5) is 8.91. The number of fused-ring (bicyclic) bond motifs is 15. The summed E-state index contributed by atoms with van der Waals surface area (Å²) < 4.78 is 14.4. The first kappa shape index (κ1) is 75.1. The average molecular weight is 1860 g/mol. The summed E-state index contributed by atoms with van der Waals surface area (Å²) in [5, 5.41) is 12.9. The van der Waals surface area contributed by atoms with Crippen LogP contribution in [0.5, 0.6) is 0 Å². The van der Waals surface area contributed by atoms with Crippen molar-refractivity contribution >= 4 is 119 Å². The third-order valence-electron chi connectivity index (χ3n) is 22.0. The standard InChI is InChI=1S/C36H22N2S.C36H24N2.C21H23N2.C12H10N.2Ir/c1-5-13-31-25(9-1)26-10-2-6-14-32(26)37(31)23-17-19-35-29(21-23)30-22-24(18-20-36(30)39-35)38-33-15-7-3-11-27(33)28-12-4-8-16-34(28)38;1-3-11-27(12-4-1)37-33-17-9-7-15-29(33)31-23-25(19-21-35(31)37)26-20-22-36-32(24-26)30-16-8-10-18-34(30)38(36)28-13-5-2-6-14-28;1-15(2)18-11-8-12-19(16(3)4)20(18)23-14-13-22-21(23)17-9-6-5-7-10-17;1-10-6-5-9-13-12(10)11-7-3-2-4-8-11;;/h1-22H;1-24H;5-9,11-16H,1-4H3;2-7,9H,1H3;;/q;;2*-1;;. The van der Waals surface area contributed by atoms with E-state index in [1.54, 1.807) is 0 Å². The van der Waals surface area contributed by atoms with Crippen molar-refractivity contribution in [3.63, 3.8) is 0 Å². The van der Waals surface area contributed by atoms with Gasteiger partial charge < -0.3 is 27.8 Å². The molecular weight excluding hydrogens is 1780 g/mol. The number of thiophene rings is 1. The van der Waals surface area contributed by atoms with Crippen molar-refractivity contribution in [2.75, 3.05) is 0 Å². The van der Waals surface area contributed by atoms with Crippen molar-refractivity contribution in [3.8, 4) is 62.2 Å². The van der Waals surface area contributed by atoms with Gasteiger partial charge in [-0.2, -0.15) is 0 Å². The van der Waals surface area contributed by atoms with E-state index in [0.29, 0.717) is 11.8 Å². The van der Waals surface area contributed by atoms with Crippen LogP contribution >= 0.6 is 11.3 Å². The second-order valence-electron chi connectivity index (χ2n) is 29.5. The molecule has 0 N–H and O–H groups in total. The van der Waals surface area contributed by atoms with E-state index in [2.05, 4.69) is 395 Å². The minimum Gasteiger partial charge on any atom is -0.340 e. The SMILES string of the molecule is CC(C)c1cccc(C(C)C)c1-n1ccnc1-c1[c-]cccc1.Cc1cccnc1-c1[c-]cccc1.[Ir].[Ir].c1ccc(-n2c3ccccc3c3cc(-c4ccc5c(c4)c4ccccc4n5-c4ccccc4)ccc32)cc1.c1ccc2c(c1)c1ccccc1n2-c1ccc2sc3ccc(-n4c5ccccc5c5ccccc54)cc3c2c1. The number of rotatable bonds is 10. The maximum atomic E-state index is 4.60. The van der Waals surface area contributed by atoms with Gasteiger partial charge in [0.1, 0.15) is 0 Å². The van der Waals surface area contributed by atoms with E-state index in [1.165, 1.54) is 164 Å². The fourth-order valence-electron chi connectivity index (χ4n) is 16.8. The molecule has 0 unspecified atom stereocenters. The van der Waals surface area contributed by atoms with Crippen LogP contribution in [0.25, 0.3) is 170 Å². The number of aromatic nitrogens is 7. The Morgan fingerprint density at radius 2 is 0.670 bits per heavy atom. The van der Waals surface area contributed by atoms with E-state index in [4.69, 9.17) is 0 Å². The van der Waals surface area contributed by atoms with Gasteiger partial charge in [-0.1, -0.05) is 215 Å². The van der Waals surface area contributed by atoms with Crippen LogP contribution in [0, 0.1) is 19.1 Å². The molecule has 0 aliphatic heterocycles. The number of para-hydroxylation sites is 9. The van der Waals surface area contributed by atoms with E-state index in [1.807, 2.05) is 72.3 Å². The molecule has 0 bridgehead atoms. The molecule has 0 aliphatic carbocycles. The molecule has 10 heteroatoms. The fourth-order valence-corrected chi connectivity index (χ4v) is 17.8. The molecule has 115 heavy (non-hydrogen) atoms. The van der Waals surface area contributed by atoms with Crippen LogP contribution in [0.2, 0.25) is 0 Å². The number of benzene rings is 15. The molecule has 0 saturated heterocycles. The third kappa shape index (κ3) is 13.9. The Hall–Kier alpha value is -12.6. The zero-order valence-corrected chi connectivity index (χ0v) is 69.8. The van der Waals surface area contributed by atoms with Gasteiger partial charge in [0.25, 0.3) is 0 Å². The minimum atomic E-state index is 0. The van der Waals surface area contributed by atoms with Gasteiger partial charge in [0.05, 0.1) is 50.0 Å². The van der Waals surface area contributed by atoms with Gasteiger partial charge in [-0.05, 0) is 174 Å². The van der Waals surface area contributed by atoms with Crippen molar-refractivity contribution in [1.82, 2.24) is 32.8 Å². The molecule has 22 aromatic rings. The van der Waals surface area contributed by atoms with Gasteiger partial charge in [-0.3, -0.25) is 4.98 Å². The number of nitrogens with zero attached hydrogens (tertiary/aromatic N) is 7. The molecular formula is C105H79Ir2N7S-2. The molecule has 7 aromatic heterocycles. The zero-order chi connectivity index (χ0) is 76.0. The van der Waals surface area contributed by atoms with Crippen molar-refractivity contribution in [3.05, 3.63) is 405 Å². The van der Waals surface area contributed by atoms with Gasteiger partial charge in [-0.15, -0.1) is 83.1 Å². The largest absolute Gasteiger partial charge is 0.340 e. The van der Waals surface area contributed by atoms with Crippen LogP contribution in [-0.4, -0.2) is 32.8 Å². The maximum absolute atomic E-state index is 4.60. The molecule has 15 aromatic carbocycles. The second kappa shape index (κ2) is 32.5. The van der Waals surface area contributed by atoms with Crippen LogP contribution in [-0.2, 0) is 40.2 Å². The first-order chi connectivity index (χ1) is 55.7. The van der Waals surface area contributed by atoms with E-state index < -0.39 is 0 Å². The number of hydrogen-bond donors (Lipinski definition) is 0. The predicted molar refractivity (Wildman–Crippen MR) is 478 cm³/mol. The number of imidazole rings is 1. The van der Waals surface area contributed by atoms with E-state index >= 15 is 0 Å². The Morgan fingerprint density at radius 1 is 0.296 bits per heavy atom. The Balaban J connectivity index is 0.000000117. The monoisotopic (exact) mass is 1860 g/mol. The van der Waals surface area contributed by atoms with Gasteiger partial charge in [-0.25, -0.2) is 0 Å². The summed E-state index contributed by atoms with van der Waals surface area (Å²) >= 11 is 1.87.